The van der Waals surface area contributed by atoms with Gasteiger partial charge in [0, 0.05) is 5.56 Å². The van der Waals surface area contributed by atoms with Crippen LogP contribution in [0.15, 0.2) is 84.9 Å². The van der Waals surface area contributed by atoms with Gasteiger partial charge in [-0.15, -0.1) is 0 Å². The van der Waals surface area contributed by atoms with Crippen molar-refractivity contribution in [3.63, 3.8) is 0 Å². The number of ketones is 1. The average Bonchev–Trinajstić information content (AvgIpc) is 2.71. The van der Waals surface area contributed by atoms with E-state index in [2.05, 4.69) is 24.3 Å². The summed E-state index contributed by atoms with van der Waals surface area (Å²) in [5.74, 6) is 0.809. The lowest BCUT2D eigenvalue weighted by molar-refractivity contribution is 0.104. The molecule has 0 radical (unpaired) electrons. The van der Waals surface area contributed by atoms with Crippen LogP contribution in [-0.4, -0.2) is 12.9 Å². The molecule has 0 unspecified atom stereocenters. The summed E-state index contributed by atoms with van der Waals surface area (Å²) in [4.78, 5) is 12.5. The second kappa shape index (κ2) is 6.85. The monoisotopic (exact) mass is 338 g/mol. The van der Waals surface area contributed by atoms with E-state index in [1.165, 1.54) is 10.8 Å². The predicted octanol–water partition coefficient (Wildman–Crippen LogP) is 5.90. The highest BCUT2D eigenvalue weighted by Gasteiger charge is 2.04. The van der Waals surface area contributed by atoms with Crippen molar-refractivity contribution in [3.8, 4) is 5.75 Å². The molecule has 4 aromatic carbocycles. The van der Waals surface area contributed by atoms with Gasteiger partial charge in [-0.3, -0.25) is 4.79 Å². The predicted molar refractivity (Wildman–Crippen MR) is 108 cm³/mol. The zero-order valence-corrected chi connectivity index (χ0v) is 14.5. The molecule has 0 saturated carbocycles. The second-order valence-corrected chi connectivity index (χ2v) is 6.23. The lowest BCUT2D eigenvalue weighted by atomic mass is 10.0. The molecule has 0 heterocycles. The number of hydrogen-bond donors (Lipinski definition) is 0. The number of carbonyl (C=O) groups excluding carboxylic acids is 1. The maximum absolute atomic E-state index is 12.5. The van der Waals surface area contributed by atoms with Crippen LogP contribution >= 0.6 is 0 Å². The van der Waals surface area contributed by atoms with Gasteiger partial charge < -0.3 is 4.74 Å². The van der Waals surface area contributed by atoms with E-state index in [1.54, 1.807) is 13.2 Å². The Morgan fingerprint density at radius 3 is 2.31 bits per heavy atom. The lowest BCUT2D eigenvalue weighted by Gasteiger charge is -2.04. The number of allylic oxidation sites excluding steroid dienone is 1. The van der Waals surface area contributed by atoms with E-state index in [9.17, 15) is 4.79 Å². The molecule has 0 saturated heterocycles. The third-order valence-electron chi connectivity index (χ3n) is 4.53. The molecule has 0 aliphatic rings. The highest BCUT2D eigenvalue weighted by atomic mass is 16.5. The minimum absolute atomic E-state index is 0.00382. The molecule has 0 amide bonds. The first-order valence-corrected chi connectivity index (χ1v) is 8.52. The first kappa shape index (κ1) is 16.1. The molecule has 2 heteroatoms. The molecular weight excluding hydrogens is 320 g/mol. The number of rotatable bonds is 4. The largest absolute Gasteiger partial charge is 0.497 e. The highest BCUT2D eigenvalue weighted by molar-refractivity contribution is 6.08. The molecule has 0 aliphatic carbocycles. The van der Waals surface area contributed by atoms with Crippen molar-refractivity contribution in [1.82, 2.24) is 0 Å². The summed E-state index contributed by atoms with van der Waals surface area (Å²) >= 11 is 0. The van der Waals surface area contributed by atoms with Gasteiger partial charge in [-0.1, -0.05) is 60.7 Å². The standard InChI is InChI=1S/C24H18O2/c1-26-23-12-11-20-15-22(10-9-21(20)16-23)24(25)13-7-17-6-8-18-4-2-3-5-19(18)14-17/h2-16H,1H3/b13-7+. The maximum atomic E-state index is 12.5. The quantitative estimate of drug-likeness (QED) is 0.342. The molecule has 0 aromatic heterocycles. The Labute approximate surface area is 152 Å². The molecule has 0 spiro atoms. The molecule has 2 nitrogen and oxygen atoms in total. The van der Waals surface area contributed by atoms with E-state index in [0.29, 0.717) is 5.56 Å². The molecule has 4 aromatic rings. The fourth-order valence-corrected chi connectivity index (χ4v) is 3.08. The maximum Gasteiger partial charge on any atom is 0.185 e. The van der Waals surface area contributed by atoms with Gasteiger partial charge in [-0.2, -0.15) is 0 Å². The van der Waals surface area contributed by atoms with Crippen LogP contribution in [0, 0.1) is 0 Å². The van der Waals surface area contributed by atoms with E-state index in [0.717, 1.165) is 22.1 Å². The van der Waals surface area contributed by atoms with Crippen molar-refractivity contribution in [2.24, 2.45) is 0 Å². The normalized spacial score (nSPS) is 11.3. The van der Waals surface area contributed by atoms with E-state index >= 15 is 0 Å². The van der Waals surface area contributed by atoms with Gasteiger partial charge >= 0.3 is 0 Å². The van der Waals surface area contributed by atoms with E-state index in [1.807, 2.05) is 60.7 Å². The Kier molecular flexibility index (Phi) is 4.24. The van der Waals surface area contributed by atoms with Crippen LogP contribution in [0.5, 0.6) is 5.75 Å². The third kappa shape index (κ3) is 3.22. The minimum Gasteiger partial charge on any atom is -0.497 e. The van der Waals surface area contributed by atoms with Gasteiger partial charge in [-0.05, 0) is 57.4 Å². The molecule has 0 fully saturated rings. The number of benzene rings is 4. The van der Waals surface area contributed by atoms with Gasteiger partial charge in [0.25, 0.3) is 0 Å². The first-order valence-electron chi connectivity index (χ1n) is 8.52. The van der Waals surface area contributed by atoms with E-state index in [-0.39, 0.29) is 5.78 Å². The third-order valence-corrected chi connectivity index (χ3v) is 4.53. The van der Waals surface area contributed by atoms with Gasteiger partial charge in [0.15, 0.2) is 5.78 Å². The molecule has 0 atom stereocenters. The van der Waals surface area contributed by atoms with Gasteiger partial charge in [0.05, 0.1) is 7.11 Å². The topological polar surface area (TPSA) is 26.3 Å². The van der Waals surface area contributed by atoms with Gasteiger partial charge in [0.1, 0.15) is 5.75 Å². The van der Waals surface area contributed by atoms with Crippen LogP contribution in [0.25, 0.3) is 27.6 Å². The minimum atomic E-state index is -0.00382. The molecule has 0 aliphatic heterocycles. The number of hydrogen-bond acceptors (Lipinski definition) is 2. The van der Waals surface area contributed by atoms with Crippen LogP contribution < -0.4 is 4.74 Å². The van der Waals surface area contributed by atoms with Crippen LogP contribution in [0.4, 0.5) is 0 Å². The molecule has 126 valence electrons. The van der Waals surface area contributed by atoms with Crippen molar-refractivity contribution < 1.29 is 9.53 Å². The van der Waals surface area contributed by atoms with Crippen LogP contribution in [0.3, 0.4) is 0 Å². The van der Waals surface area contributed by atoms with Crippen LogP contribution in [0.2, 0.25) is 0 Å². The zero-order valence-electron chi connectivity index (χ0n) is 14.5. The summed E-state index contributed by atoms with van der Waals surface area (Å²) in [5, 5.41) is 4.44. The van der Waals surface area contributed by atoms with E-state index < -0.39 is 0 Å². The molecular formula is C24H18O2. The summed E-state index contributed by atoms with van der Waals surface area (Å²) in [7, 11) is 1.65. The Balaban J connectivity index is 1.60. The second-order valence-electron chi connectivity index (χ2n) is 6.23. The van der Waals surface area contributed by atoms with Gasteiger partial charge in [-0.25, -0.2) is 0 Å². The Hall–Kier alpha value is -3.39. The number of fused-ring (bicyclic) bond motifs is 2. The Morgan fingerprint density at radius 1 is 0.769 bits per heavy atom. The summed E-state index contributed by atoms with van der Waals surface area (Å²) in [6.45, 7) is 0. The van der Waals surface area contributed by atoms with Crippen molar-refractivity contribution in [2.45, 2.75) is 0 Å². The van der Waals surface area contributed by atoms with Gasteiger partial charge in [0.2, 0.25) is 0 Å². The number of carbonyl (C=O) groups is 1. The lowest BCUT2D eigenvalue weighted by Crippen LogP contribution is -1.94. The molecule has 0 N–H and O–H groups in total. The smallest absolute Gasteiger partial charge is 0.185 e. The van der Waals surface area contributed by atoms with Crippen LogP contribution in [-0.2, 0) is 0 Å². The Bertz CT molecular complexity index is 1140. The Morgan fingerprint density at radius 2 is 1.46 bits per heavy atom. The zero-order chi connectivity index (χ0) is 17.9. The van der Waals surface area contributed by atoms with Crippen molar-refractivity contribution in [3.05, 3.63) is 96.1 Å². The van der Waals surface area contributed by atoms with Crippen molar-refractivity contribution in [1.29, 1.82) is 0 Å². The summed E-state index contributed by atoms with van der Waals surface area (Å²) < 4.78 is 5.24. The van der Waals surface area contributed by atoms with Crippen molar-refractivity contribution in [2.75, 3.05) is 7.11 Å². The van der Waals surface area contributed by atoms with E-state index in [4.69, 9.17) is 4.74 Å². The molecule has 26 heavy (non-hydrogen) atoms. The first-order chi connectivity index (χ1) is 12.7. The summed E-state index contributed by atoms with van der Waals surface area (Å²) in [6.07, 6.45) is 3.50. The number of methoxy groups -OCH3 is 1. The number of ether oxygens (including phenoxy) is 1. The fourth-order valence-electron chi connectivity index (χ4n) is 3.08. The van der Waals surface area contributed by atoms with Crippen molar-refractivity contribution >= 4 is 33.4 Å². The summed E-state index contributed by atoms with van der Waals surface area (Å²) in [5.41, 5.74) is 1.70. The van der Waals surface area contributed by atoms with Crippen LogP contribution in [0.1, 0.15) is 15.9 Å². The SMILES string of the molecule is COc1ccc2cc(C(=O)/C=C/c3ccc4ccccc4c3)ccc2c1. The summed E-state index contributed by atoms with van der Waals surface area (Å²) in [6, 6.07) is 26.0. The highest BCUT2D eigenvalue weighted by Crippen LogP contribution is 2.22. The fraction of sp³-hybridized carbons (Fsp3) is 0.0417. The molecule has 0 bridgehead atoms. The average molecular weight is 338 g/mol. The molecule has 4 rings (SSSR count).